The first kappa shape index (κ1) is 15.2. The van der Waals surface area contributed by atoms with Gasteiger partial charge in [-0.2, -0.15) is 0 Å². The van der Waals surface area contributed by atoms with E-state index in [0.29, 0.717) is 13.2 Å². The zero-order valence-corrected chi connectivity index (χ0v) is 12.5. The molecule has 1 rings (SSSR count). The van der Waals surface area contributed by atoms with Crippen molar-refractivity contribution in [2.24, 2.45) is 0 Å². The molecule has 1 aliphatic carbocycles. The zero-order valence-electron chi connectivity index (χ0n) is 10.4. The molecule has 0 heterocycles. The molecule has 0 bridgehead atoms. The van der Waals surface area contributed by atoms with Gasteiger partial charge in [0.25, 0.3) is 0 Å². The van der Waals surface area contributed by atoms with Gasteiger partial charge in [-0.1, -0.05) is 23.8 Å². The summed E-state index contributed by atoms with van der Waals surface area (Å²) in [4.78, 5) is 11.3. The van der Waals surface area contributed by atoms with E-state index in [-0.39, 0.29) is 19.0 Å². The van der Waals surface area contributed by atoms with Crippen molar-refractivity contribution in [3.8, 4) is 0 Å². The zero-order chi connectivity index (χ0) is 13.2. The summed E-state index contributed by atoms with van der Waals surface area (Å²) in [5.74, 6) is 0.603. The Balaban J connectivity index is 2.18. The van der Waals surface area contributed by atoms with Crippen LogP contribution in [0.2, 0.25) is 0 Å². The van der Waals surface area contributed by atoms with Crippen LogP contribution in [0.3, 0.4) is 0 Å². The number of rotatable bonds is 7. The van der Waals surface area contributed by atoms with E-state index in [9.17, 15) is 4.79 Å². The number of carbonyl (C=O) groups is 1. The highest BCUT2D eigenvalue weighted by atomic mass is 127. The lowest BCUT2D eigenvalue weighted by Gasteiger charge is -2.08. The Hall–Kier alpha value is -0.820. The molecule has 18 heavy (non-hydrogen) atoms. The van der Waals surface area contributed by atoms with E-state index >= 15 is 0 Å². The van der Waals surface area contributed by atoms with Gasteiger partial charge in [-0.15, -0.1) is 0 Å². The summed E-state index contributed by atoms with van der Waals surface area (Å²) in [6.45, 7) is 3.07. The predicted molar refractivity (Wildman–Crippen MR) is 77.1 cm³/mol. The molecule has 0 N–H and O–H groups in total. The Bertz CT molecular complexity index is 358. The van der Waals surface area contributed by atoms with Crippen LogP contribution in [-0.2, 0) is 17.3 Å². The summed E-state index contributed by atoms with van der Waals surface area (Å²) in [6.07, 6.45) is 9.03. The highest BCUT2D eigenvalue weighted by molar-refractivity contribution is 14.1. The molecule has 0 aromatic carbocycles. The molecule has 4 nitrogen and oxygen atoms in total. The molecule has 1 aliphatic rings. The molecule has 0 aromatic rings. The maximum absolute atomic E-state index is 11.3. The average Bonchev–Trinajstić information content (AvgIpc) is 2.55. The van der Waals surface area contributed by atoms with Gasteiger partial charge < -0.3 is 12.5 Å². The number of carbonyl (C=O) groups excluding carboxylic acids is 1. The second kappa shape index (κ2) is 9.16. The minimum absolute atomic E-state index is 0.255. The van der Waals surface area contributed by atoms with E-state index in [1.807, 2.05) is 31.2 Å². The van der Waals surface area contributed by atoms with E-state index in [2.05, 4.69) is 0 Å². The smallest absolute Gasteiger partial charge is 0.309 e. The SMILES string of the molecule is CC1=CC=C(OCCC(=O)OCCOI)CC=C1. The minimum atomic E-state index is -0.264. The average molecular weight is 364 g/mol. The number of hydrogen-bond acceptors (Lipinski definition) is 4. The molecule has 0 radical (unpaired) electrons. The molecule has 0 atom stereocenters. The first-order chi connectivity index (χ1) is 8.72. The second-order valence-corrected chi connectivity index (χ2v) is 4.41. The van der Waals surface area contributed by atoms with Gasteiger partial charge in [0.2, 0.25) is 0 Å². The van der Waals surface area contributed by atoms with Gasteiger partial charge in [0.1, 0.15) is 29.6 Å². The molecule has 0 fully saturated rings. The summed E-state index contributed by atoms with van der Waals surface area (Å²) < 4.78 is 15.2. The van der Waals surface area contributed by atoms with Crippen molar-refractivity contribution in [1.82, 2.24) is 0 Å². The summed E-state index contributed by atoms with van der Waals surface area (Å²) in [5, 5.41) is 0. The number of halogens is 1. The predicted octanol–water partition coefficient (Wildman–Crippen LogP) is 3.09. The minimum Gasteiger partial charge on any atom is -0.497 e. The van der Waals surface area contributed by atoms with Gasteiger partial charge in [-0.25, -0.2) is 0 Å². The van der Waals surface area contributed by atoms with Gasteiger partial charge in [0, 0.05) is 6.42 Å². The third-order valence-electron chi connectivity index (χ3n) is 2.25. The van der Waals surface area contributed by atoms with E-state index in [4.69, 9.17) is 12.5 Å². The maximum atomic E-state index is 11.3. The number of allylic oxidation sites excluding steroid dienone is 5. The highest BCUT2D eigenvalue weighted by Gasteiger charge is 2.04. The lowest BCUT2D eigenvalue weighted by atomic mass is 10.3. The lowest BCUT2D eigenvalue weighted by Crippen LogP contribution is -2.11. The van der Waals surface area contributed by atoms with Crippen LogP contribution in [0.5, 0.6) is 0 Å². The van der Waals surface area contributed by atoms with Crippen LogP contribution >= 0.6 is 23.0 Å². The van der Waals surface area contributed by atoms with Crippen LogP contribution in [0, 0.1) is 0 Å². The second-order valence-electron chi connectivity index (χ2n) is 3.78. The number of hydrogen-bond donors (Lipinski definition) is 0. The summed E-state index contributed by atoms with van der Waals surface area (Å²) >= 11 is 1.76. The maximum Gasteiger partial charge on any atom is 0.309 e. The highest BCUT2D eigenvalue weighted by Crippen LogP contribution is 2.12. The summed E-state index contributed by atoms with van der Waals surface area (Å²) in [5.41, 5.74) is 1.19. The first-order valence-corrected chi connectivity index (χ1v) is 6.66. The molecule has 100 valence electrons. The topological polar surface area (TPSA) is 44.8 Å². The van der Waals surface area contributed by atoms with Crippen molar-refractivity contribution in [2.45, 2.75) is 19.8 Å². The van der Waals surface area contributed by atoms with Crippen LogP contribution in [0.1, 0.15) is 19.8 Å². The fourth-order valence-electron chi connectivity index (χ4n) is 1.34. The van der Waals surface area contributed by atoms with Crippen molar-refractivity contribution >= 4 is 29.0 Å². The van der Waals surface area contributed by atoms with E-state index in [1.165, 1.54) is 5.57 Å². The van der Waals surface area contributed by atoms with Gasteiger partial charge in [0.15, 0.2) is 0 Å². The van der Waals surface area contributed by atoms with Crippen molar-refractivity contribution < 1.29 is 17.3 Å². The van der Waals surface area contributed by atoms with E-state index < -0.39 is 0 Å². The van der Waals surface area contributed by atoms with Crippen LogP contribution < -0.4 is 0 Å². The fraction of sp³-hybridized carbons (Fsp3) is 0.462. The monoisotopic (exact) mass is 364 g/mol. The first-order valence-electron chi connectivity index (χ1n) is 5.78. The van der Waals surface area contributed by atoms with Crippen molar-refractivity contribution in [2.75, 3.05) is 19.8 Å². The van der Waals surface area contributed by atoms with Crippen LogP contribution in [0.4, 0.5) is 0 Å². The normalized spacial score (nSPS) is 14.6. The van der Waals surface area contributed by atoms with Gasteiger partial charge in [-0.05, 0) is 13.0 Å². The quantitative estimate of drug-likeness (QED) is 0.396. The molecule has 0 spiro atoms. The summed E-state index contributed by atoms with van der Waals surface area (Å²) in [7, 11) is 0. The van der Waals surface area contributed by atoms with Crippen molar-refractivity contribution in [3.63, 3.8) is 0 Å². The van der Waals surface area contributed by atoms with Crippen LogP contribution in [0.15, 0.2) is 35.6 Å². The number of esters is 1. The van der Waals surface area contributed by atoms with E-state index in [1.54, 1.807) is 23.0 Å². The Kier molecular flexibility index (Phi) is 7.75. The van der Waals surface area contributed by atoms with Crippen LogP contribution in [0.25, 0.3) is 0 Å². The van der Waals surface area contributed by atoms with Crippen molar-refractivity contribution in [3.05, 3.63) is 35.6 Å². The Labute approximate surface area is 121 Å². The van der Waals surface area contributed by atoms with Gasteiger partial charge in [-0.3, -0.25) is 4.79 Å². The van der Waals surface area contributed by atoms with Gasteiger partial charge >= 0.3 is 5.97 Å². The molecular formula is C13H17IO4. The Morgan fingerprint density at radius 3 is 2.94 bits per heavy atom. The van der Waals surface area contributed by atoms with Crippen molar-refractivity contribution in [1.29, 1.82) is 0 Å². The Morgan fingerprint density at radius 1 is 1.33 bits per heavy atom. The molecule has 0 aromatic heterocycles. The standard InChI is InChI=1S/C13H17IO4/c1-11-3-2-4-12(6-5-11)16-8-7-13(15)17-9-10-18-14/h2-3,5-6H,4,7-10H2,1H3. The fourth-order valence-corrected chi connectivity index (χ4v) is 1.52. The molecule has 0 unspecified atom stereocenters. The molecule has 0 aliphatic heterocycles. The van der Waals surface area contributed by atoms with Gasteiger partial charge in [0.05, 0.1) is 25.4 Å². The Morgan fingerprint density at radius 2 is 2.17 bits per heavy atom. The third kappa shape index (κ3) is 6.80. The van der Waals surface area contributed by atoms with Crippen LogP contribution in [-0.4, -0.2) is 25.8 Å². The molecule has 5 heteroatoms. The largest absolute Gasteiger partial charge is 0.497 e. The molecule has 0 saturated carbocycles. The lowest BCUT2D eigenvalue weighted by molar-refractivity contribution is -0.145. The third-order valence-corrected chi connectivity index (χ3v) is 2.69. The summed E-state index contributed by atoms with van der Waals surface area (Å²) in [6, 6.07) is 0. The number of ether oxygens (including phenoxy) is 2. The molecular weight excluding hydrogens is 347 g/mol. The molecule has 0 amide bonds. The van der Waals surface area contributed by atoms with E-state index in [0.717, 1.165) is 12.2 Å². The molecule has 0 saturated heterocycles.